The third-order valence-corrected chi connectivity index (χ3v) is 3.92. The van der Waals surface area contributed by atoms with Crippen molar-refractivity contribution in [1.29, 1.82) is 0 Å². The number of anilines is 1. The van der Waals surface area contributed by atoms with Crippen LogP contribution in [-0.2, 0) is 0 Å². The molecule has 0 bridgehead atoms. The molecule has 2 aromatic rings. The van der Waals surface area contributed by atoms with Gasteiger partial charge in [0.05, 0.1) is 23.6 Å². The molecule has 132 valence electrons. The summed E-state index contributed by atoms with van der Waals surface area (Å²) in [6, 6.07) is 5.12. The molecule has 0 aliphatic heterocycles. The maximum Gasteiger partial charge on any atom is 0.408 e. The van der Waals surface area contributed by atoms with Crippen LogP contribution in [0, 0.1) is 0 Å². The standard InChI is InChI=1S/C19H24N4O2/c1-5-6-17(23(18(24)25)19(2,3)4)16-11-13(7-10-22-16)14-8-9-21-12-15(14)20/h5,7-12,17H,1,6,20H2,2-4H3,(H,24,25)/t17-/m0/s1. The first-order valence-corrected chi connectivity index (χ1v) is 8.04. The second kappa shape index (κ2) is 7.34. The molecule has 0 unspecified atom stereocenters. The van der Waals surface area contributed by atoms with Gasteiger partial charge in [0.2, 0.25) is 0 Å². The highest BCUT2D eigenvalue weighted by molar-refractivity contribution is 5.75. The summed E-state index contributed by atoms with van der Waals surface area (Å²) in [4.78, 5) is 21.7. The predicted molar refractivity (Wildman–Crippen MR) is 99.1 cm³/mol. The van der Waals surface area contributed by atoms with Crippen molar-refractivity contribution >= 4 is 11.8 Å². The Morgan fingerprint density at radius 1 is 1.40 bits per heavy atom. The van der Waals surface area contributed by atoms with Gasteiger partial charge >= 0.3 is 6.09 Å². The first-order valence-electron chi connectivity index (χ1n) is 8.04. The molecular weight excluding hydrogens is 316 g/mol. The zero-order chi connectivity index (χ0) is 18.6. The fraction of sp³-hybridized carbons (Fsp3) is 0.316. The number of amides is 1. The SMILES string of the molecule is C=CC[C@@H](c1cc(-c2ccncc2N)ccn1)N(C(=O)O)C(C)(C)C. The number of carboxylic acid groups (broad SMARTS) is 1. The van der Waals surface area contributed by atoms with Gasteiger partial charge in [-0.1, -0.05) is 6.08 Å². The van der Waals surface area contributed by atoms with Gasteiger partial charge in [0.25, 0.3) is 0 Å². The molecule has 0 aliphatic rings. The summed E-state index contributed by atoms with van der Waals surface area (Å²) in [5.74, 6) is 0. The largest absolute Gasteiger partial charge is 0.465 e. The van der Waals surface area contributed by atoms with Gasteiger partial charge in [-0.2, -0.15) is 0 Å². The summed E-state index contributed by atoms with van der Waals surface area (Å²) in [5.41, 5.74) is 8.37. The molecule has 2 rings (SSSR count). The Morgan fingerprint density at radius 3 is 2.68 bits per heavy atom. The van der Waals surface area contributed by atoms with E-state index in [0.29, 0.717) is 17.8 Å². The summed E-state index contributed by atoms with van der Waals surface area (Å²) in [7, 11) is 0. The molecule has 25 heavy (non-hydrogen) atoms. The van der Waals surface area contributed by atoms with Crippen LogP contribution in [0.3, 0.4) is 0 Å². The van der Waals surface area contributed by atoms with Gasteiger partial charge in [0.1, 0.15) is 0 Å². The lowest BCUT2D eigenvalue weighted by atomic mass is 9.97. The normalized spacial score (nSPS) is 12.4. The number of hydrogen-bond acceptors (Lipinski definition) is 4. The molecule has 0 fully saturated rings. The van der Waals surface area contributed by atoms with Crippen LogP contribution in [0.25, 0.3) is 11.1 Å². The third-order valence-electron chi connectivity index (χ3n) is 3.92. The van der Waals surface area contributed by atoms with E-state index >= 15 is 0 Å². The predicted octanol–water partition coefficient (Wildman–Crippen LogP) is 4.12. The van der Waals surface area contributed by atoms with Crippen molar-refractivity contribution < 1.29 is 9.90 Å². The van der Waals surface area contributed by atoms with Crippen LogP contribution in [0.15, 0.2) is 49.4 Å². The van der Waals surface area contributed by atoms with E-state index in [4.69, 9.17) is 5.73 Å². The van der Waals surface area contributed by atoms with Gasteiger partial charge in [0, 0.05) is 23.5 Å². The fourth-order valence-electron chi connectivity index (χ4n) is 2.87. The molecule has 0 saturated carbocycles. The average molecular weight is 340 g/mol. The van der Waals surface area contributed by atoms with Gasteiger partial charge in [-0.25, -0.2) is 4.79 Å². The third kappa shape index (κ3) is 4.15. The first kappa shape index (κ1) is 18.4. The Kier molecular flexibility index (Phi) is 5.41. The highest BCUT2D eigenvalue weighted by atomic mass is 16.4. The Bertz CT molecular complexity index is 768. The van der Waals surface area contributed by atoms with Gasteiger partial charge in [-0.05, 0) is 51.0 Å². The van der Waals surface area contributed by atoms with Crippen molar-refractivity contribution in [3.63, 3.8) is 0 Å². The van der Waals surface area contributed by atoms with E-state index in [1.54, 1.807) is 24.7 Å². The van der Waals surface area contributed by atoms with Crippen molar-refractivity contribution in [1.82, 2.24) is 14.9 Å². The Labute approximate surface area is 148 Å². The Morgan fingerprint density at radius 2 is 2.12 bits per heavy atom. The van der Waals surface area contributed by atoms with Crippen molar-refractivity contribution in [3.05, 3.63) is 55.1 Å². The summed E-state index contributed by atoms with van der Waals surface area (Å²) >= 11 is 0. The second-order valence-corrected chi connectivity index (χ2v) is 6.80. The molecule has 6 nitrogen and oxygen atoms in total. The van der Waals surface area contributed by atoms with Crippen molar-refractivity contribution in [2.24, 2.45) is 0 Å². The van der Waals surface area contributed by atoms with E-state index < -0.39 is 17.7 Å². The van der Waals surface area contributed by atoms with E-state index in [0.717, 1.165) is 11.1 Å². The summed E-state index contributed by atoms with van der Waals surface area (Å²) in [5, 5.41) is 9.73. The highest BCUT2D eigenvalue weighted by Gasteiger charge is 2.34. The maximum absolute atomic E-state index is 11.9. The van der Waals surface area contributed by atoms with E-state index in [1.165, 1.54) is 4.90 Å². The summed E-state index contributed by atoms with van der Waals surface area (Å²) in [6.45, 7) is 9.36. The van der Waals surface area contributed by atoms with E-state index in [2.05, 4.69) is 16.5 Å². The molecule has 0 saturated heterocycles. The smallest absolute Gasteiger partial charge is 0.408 e. The highest BCUT2D eigenvalue weighted by Crippen LogP contribution is 2.33. The average Bonchev–Trinajstić information content (AvgIpc) is 2.53. The molecule has 2 aromatic heterocycles. The first-order chi connectivity index (χ1) is 11.8. The minimum absolute atomic E-state index is 0.432. The van der Waals surface area contributed by atoms with Crippen LogP contribution in [0.5, 0.6) is 0 Å². The van der Waals surface area contributed by atoms with E-state index in [9.17, 15) is 9.90 Å². The molecule has 6 heteroatoms. The maximum atomic E-state index is 11.9. The van der Waals surface area contributed by atoms with Crippen molar-refractivity contribution in [2.75, 3.05) is 5.73 Å². The van der Waals surface area contributed by atoms with Crippen LogP contribution >= 0.6 is 0 Å². The van der Waals surface area contributed by atoms with Crippen LogP contribution in [0.2, 0.25) is 0 Å². The number of carbonyl (C=O) groups is 1. The lowest BCUT2D eigenvalue weighted by Gasteiger charge is -2.39. The topological polar surface area (TPSA) is 92.3 Å². The zero-order valence-corrected chi connectivity index (χ0v) is 14.8. The van der Waals surface area contributed by atoms with E-state index in [-0.39, 0.29) is 0 Å². The molecule has 0 aliphatic carbocycles. The molecular formula is C19H24N4O2. The molecule has 0 radical (unpaired) electrons. The molecule has 0 aromatic carbocycles. The van der Waals surface area contributed by atoms with Crippen LogP contribution < -0.4 is 5.73 Å². The zero-order valence-electron chi connectivity index (χ0n) is 14.8. The summed E-state index contributed by atoms with van der Waals surface area (Å²) in [6.07, 6.45) is 6.12. The molecule has 2 heterocycles. The Balaban J connectivity index is 2.53. The van der Waals surface area contributed by atoms with Crippen LogP contribution in [-0.4, -0.2) is 31.6 Å². The number of nitrogen functional groups attached to an aromatic ring is 1. The quantitative estimate of drug-likeness (QED) is 0.799. The molecule has 0 spiro atoms. The number of rotatable bonds is 5. The fourth-order valence-corrected chi connectivity index (χ4v) is 2.87. The van der Waals surface area contributed by atoms with Gasteiger partial charge in [-0.3, -0.25) is 14.9 Å². The number of hydrogen-bond donors (Lipinski definition) is 2. The number of aromatic nitrogens is 2. The Hall–Kier alpha value is -2.89. The second-order valence-electron chi connectivity index (χ2n) is 6.80. The van der Waals surface area contributed by atoms with Crippen LogP contribution in [0.4, 0.5) is 10.5 Å². The monoisotopic (exact) mass is 340 g/mol. The molecule has 1 amide bonds. The minimum atomic E-state index is -0.991. The molecule has 3 N–H and O–H groups in total. The lowest BCUT2D eigenvalue weighted by Crippen LogP contribution is -2.47. The van der Waals surface area contributed by atoms with Crippen LogP contribution in [0.1, 0.15) is 38.9 Å². The van der Waals surface area contributed by atoms with E-state index in [1.807, 2.05) is 39.0 Å². The van der Waals surface area contributed by atoms with Gasteiger partial charge in [0.15, 0.2) is 0 Å². The minimum Gasteiger partial charge on any atom is -0.465 e. The van der Waals surface area contributed by atoms with Gasteiger partial charge < -0.3 is 10.8 Å². The molecule has 1 atom stereocenters. The summed E-state index contributed by atoms with van der Waals surface area (Å²) < 4.78 is 0. The number of nitrogens with two attached hydrogens (primary N) is 1. The lowest BCUT2D eigenvalue weighted by molar-refractivity contribution is 0.0691. The van der Waals surface area contributed by atoms with Gasteiger partial charge in [-0.15, -0.1) is 6.58 Å². The number of nitrogens with zero attached hydrogens (tertiary/aromatic N) is 3. The van der Waals surface area contributed by atoms with Crippen molar-refractivity contribution in [3.8, 4) is 11.1 Å². The van der Waals surface area contributed by atoms with Crippen molar-refractivity contribution in [2.45, 2.75) is 38.8 Å². The number of pyridine rings is 2.